The number of nitrogens with two attached hydrogens (primary N) is 1. The van der Waals surface area contributed by atoms with Gasteiger partial charge in [-0.05, 0) is 56.9 Å². The van der Waals surface area contributed by atoms with Crippen molar-refractivity contribution in [3.05, 3.63) is 54.1 Å². The highest BCUT2D eigenvalue weighted by atomic mass is 16.7. The number of nitrogens with one attached hydrogen (secondary N) is 2. The maximum atomic E-state index is 6.12. The number of anilines is 2. The number of hydrazine groups is 1. The van der Waals surface area contributed by atoms with Crippen molar-refractivity contribution in [2.45, 2.75) is 45.4 Å². The van der Waals surface area contributed by atoms with Crippen LogP contribution in [0.3, 0.4) is 0 Å². The van der Waals surface area contributed by atoms with Crippen molar-refractivity contribution < 1.29 is 9.31 Å². The zero-order valence-corrected chi connectivity index (χ0v) is 15.3. The Morgan fingerprint density at radius 3 is 2.24 bits per heavy atom. The molecule has 0 amide bonds. The first-order valence-corrected chi connectivity index (χ1v) is 8.56. The molecule has 1 aliphatic rings. The van der Waals surface area contributed by atoms with E-state index >= 15 is 0 Å². The van der Waals surface area contributed by atoms with Gasteiger partial charge in [0.15, 0.2) is 0 Å². The topological polar surface area (TPSA) is 68.5 Å². The van der Waals surface area contributed by atoms with Crippen LogP contribution in [-0.2, 0) is 15.9 Å². The number of hydrogen-bond donors (Lipinski definition) is 3. The van der Waals surface area contributed by atoms with Crippen molar-refractivity contribution in [2.75, 3.05) is 11.2 Å². The second-order valence-corrected chi connectivity index (χ2v) is 7.39. The minimum Gasteiger partial charge on any atom is -0.399 e. The van der Waals surface area contributed by atoms with Crippen LogP contribution in [0.1, 0.15) is 33.3 Å². The Hall–Kier alpha value is -2.02. The summed E-state index contributed by atoms with van der Waals surface area (Å²) in [5.74, 6) is 0. The van der Waals surface area contributed by atoms with E-state index in [1.54, 1.807) is 0 Å². The van der Waals surface area contributed by atoms with Gasteiger partial charge in [-0.3, -0.25) is 0 Å². The molecule has 0 bridgehead atoms. The van der Waals surface area contributed by atoms with Gasteiger partial charge in [0.1, 0.15) is 0 Å². The Morgan fingerprint density at radius 1 is 0.960 bits per heavy atom. The van der Waals surface area contributed by atoms with Gasteiger partial charge < -0.3 is 20.5 Å². The van der Waals surface area contributed by atoms with Crippen molar-refractivity contribution in [1.29, 1.82) is 0 Å². The van der Waals surface area contributed by atoms with Crippen molar-refractivity contribution >= 4 is 24.0 Å². The normalized spacial score (nSPS) is 18.3. The third-order valence-electron chi connectivity index (χ3n) is 4.98. The predicted molar refractivity (Wildman–Crippen MR) is 103 cm³/mol. The Morgan fingerprint density at radius 2 is 1.60 bits per heavy atom. The molecule has 1 fully saturated rings. The third kappa shape index (κ3) is 3.81. The fourth-order valence-electron chi connectivity index (χ4n) is 2.67. The number of benzene rings is 2. The second kappa shape index (κ2) is 6.71. The van der Waals surface area contributed by atoms with Crippen LogP contribution in [0.25, 0.3) is 0 Å². The largest absolute Gasteiger partial charge is 0.494 e. The molecule has 0 aliphatic carbocycles. The first kappa shape index (κ1) is 17.8. The predicted octanol–water partition coefficient (Wildman–Crippen LogP) is 2.68. The number of hydrogen-bond acceptors (Lipinski definition) is 5. The summed E-state index contributed by atoms with van der Waals surface area (Å²) in [5, 5.41) is 0. The molecule has 2 aromatic rings. The number of nitrogen functional groups attached to an aromatic ring is 1. The van der Waals surface area contributed by atoms with Crippen LogP contribution in [0.4, 0.5) is 11.4 Å². The third-order valence-corrected chi connectivity index (χ3v) is 4.98. The molecule has 1 heterocycles. The van der Waals surface area contributed by atoms with Crippen LogP contribution in [-0.4, -0.2) is 18.3 Å². The van der Waals surface area contributed by atoms with E-state index in [1.807, 2.05) is 48.5 Å². The van der Waals surface area contributed by atoms with E-state index < -0.39 is 0 Å². The number of para-hydroxylation sites is 1. The quantitative estimate of drug-likeness (QED) is 0.444. The van der Waals surface area contributed by atoms with Gasteiger partial charge in [0.25, 0.3) is 0 Å². The molecule has 0 unspecified atom stereocenters. The lowest BCUT2D eigenvalue weighted by molar-refractivity contribution is 0.00578. The highest BCUT2D eigenvalue weighted by molar-refractivity contribution is 6.62. The van der Waals surface area contributed by atoms with Gasteiger partial charge in [-0.1, -0.05) is 30.3 Å². The summed E-state index contributed by atoms with van der Waals surface area (Å²) in [7, 11) is -0.383. The molecule has 0 atom stereocenters. The minimum atomic E-state index is -0.383. The highest BCUT2D eigenvalue weighted by Gasteiger charge is 2.51. The Labute approximate surface area is 150 Å². The van der Waals surface area contributed by atoms with Gasteiger partial charge in [-0.15, -0.1) is 0 Å². The lowest BCUT2D eigenvalue weighted by Crippen LogP contribution is -2.41. The molecule has 2 aromatic carbocycles. The van der Waals surface area contributed by atoms with Crippen LogP contribution in [0.15, 0.2) is 48.5 Å². The molecule has 1 aliphatic heterocycles. The fourth-order valence-corrected chi connectivity index (χ4v) is 2.67. The Kier molecular flexibility index (Phi) is 4.78. The fraction of sp³-hybridized carbons (Fsp3) is 0.368. The molecule has 0 saturated carbocycles. The highest BCUT2D eigenvalue weighted by Crippen LogP contribution is 2.36. The smallest absolute Gasteiger partial charge is 0.399 e. The Bertz CT molecular complexity index is 719. The monoisotopic (exact) mass is 339 g/mol. The second-order valence-electron chi connectivity index (χ2n) is 7.39. The molecule has 0 spiro atoms. The van der Waals surface area contributed by atoms with Crippen LogP contribution in [0.5, 0.6) is 0 Å². The molecular weight excluding hydrogens is 313 g/mol. The first-order valence-electron chi connectivity index (χ1n) is 8.56. The van der Waals surface area contributed by atoms with E-state index in [-0.39, 0.29) is 18.3 Å². The maximum Gasteiger partial charge on any atom is 0.494 e. The van der Waals surface area contributed by atoms with Gasteiger partial charge in [-0.2, -0.15) is 0 Å². The van der Waals surface area contributed by atoms with E-state index in [9.17, 15) is 0 Å². The van der Waals surface area contributed by atoms with Crippen molar-refractivity contribution in [3.63, 3.8) is 0 Å². The van der Waals surface area contributed by atoms with Gasteiger partial charge in [0.05, 0.1) is 11.2 Å². The lowest BCUT2D eigenvalue weighted by atomic mass is 9.78. The molecule has 0 radical (unpaired) electrons. The van der Waals surface area contributed by atoms with E-state index in [0.717, 1.165) is 22.4 Å². The average molecular weight is 339 g/mol. The maximum absolute atomic E-state index is 6.12. The van der Waals surface area contributed by atoms with E-state index in [0.29, 0.717) is 6.54 Å². The lowest BCUT2D eigenvalue weighted by Gasteiger charge is -2.32. The van der Waals surface area contributed by atoms with Gasteiger partial charge in [0, 0.05) is 17.9 Å². The van der Waals surface area contributed by atoms with Crippen molar-refractivity contribution in [1.82, 2.24) is 5.43 Å². The van der Waals surface area contributed by atoms with E-state index in [4.69, 9.17) is 15.0 Å². The summed E-state index contributed by atoms with van der Waals surface area (Å²) in [6.45, 7) is 8.80. The summed E-state index contributed by atoms with van der Waals surface area (Å²) in [5.41, 5.74) is 15.5. The van der Waals surface area contributed by atoms with Gasteiger partial charge in [-0.25, -0.2) is 5.43 Å². The molecule has 132 valence electrons. The SMILES string of the molecule is CC1(C)OB(c2ccc(N)c(CNNc3ccccc3)c2)OC1(C)C. The summed E-state index contributed by atoms with van der Waals surface area (Å²) in [4.78, 5) is 0. The van der Waals surface area contributed by atoms with Crippen LogP contribution in [0, 0.1) is 0 Å². The van der Waals surface area contributed by atoms with E-state index in [2.05, 4.69) is 38.5 Å². The van der Waals surface area contributed by atoms with E-state index in [1.165, 1.54) is 0 Å². The van der Waals surface area contributed by atoms with Crippen molar-refractivity contribution in [3.8, 4) is 0 Å². The molecule has 1 saturated heterocycles. The average Bonchev–Trinajstić information content (AvgIpc) is 2.78. The standard InChI is InChI=1S/C19H26BN3O2/c1-18(2)19(3,4)25-20(24-18)15-10-11-17(21)14(12-15)13-22-23-16-8-6-5-7-9-16/h5-12,22-23H,13,21H2,1-4H3. The summed E-state index contributed by atoms with van der Waals surface area (Å²) < 4.78 is 12.2. The van der Waals surface area contributed by atoms with Gasteiger partial charge >= 0.3 is 7.12 Å². The minimum absolute atomic E-state index is 0.355. The Balaban J connectivity index is 1.69. The summed E-state index contributed by atoms with van der Waals surface area (Å²) in [6.07, 6.45) is 0. The zero-order valence-electron chi connectivity index (χ0n) is 15.3. The molecule has 25 heavy (non-hydrogen) atoms. The van der Waals surface area contributed by atoms with Crippen LogP contribution in [0.2, 0.25) is 0 Å². The summed E-state index contributed by atoms with van der Waals surface area (Å²) in [6, 6.07) is 15.8. The van der Waals surface area contributed by atoms with Crippen LogP contribution >= 0.6 is 0 Å². The van der Waals surface area contributed by atoms with Crippen LogP contribution < -0.4 is 22.0 Å². The molecule has 4 N–H and O–H groups in total. The number of rotatable bonds is 5. The molecular formula is C19H26BN3O2. The van der Waals surface area contributed by atoms with Crippen molar-refractivity contribution in [2.24, 2.45) is 0 Å². The first-order chi connectivity index (χ1) is 11.8. The molecule has 5 nitrogen and oxygen atoms in total. The van der Waals surface area contributed by atoms with Gasteiger partial charge in [0.2, 0.25) is 0 Å². The summed E-state index contributed by atoms with van der Waals surface area (Å²) >= 11 is 0. The molecule has 6 heteroatoms. The molecule has 0 aromatic heterocycles. The zero-order chi connectivity index (χ0) is 18.1. The molecule has 3 rings (SSSR count).